The lowest BCUT2D eigenvalue weighted by atomic mass is 10.1. The topological polar surface area (TPSA) is 75.2 Å². The molecule has 0 saturated carbocycles. The summed E-state index contributed by atoms with van der Waals surface area (Å²) in [5, 5.41) is 18.0. The van der Waals surface area contributed by atoms with Crippen LogP contribution < -0.4 is 10.3 Å². The number of aromatic nitrogens is 1. The fourth-order valence-electron chi connectivity index (χ4n) is 2.00. The van der Waals surface area contributed by atoms with Crippen molar-refractivity contribution in [2.45, 2.75) is 6.54 Å². The summed E-state index contributed by atoms with van der Waals surface area (Å²) in [4.78, 5) is 12.1. The average molecular weight is 270 g/mol. The summed E-state index contributed by atoms with van der Waals surface area (Å²) < 4.78 is 6.49. The van der Waals surface area contributed by atoms with Crippen LogP contribution in [0.5, 0.6) is 5.75 Å². The molecule has 0 aliphatic heterocycles. The zero-order valence-electron chi connectivity index (χ0n) is 11.0. The number of benzene rings is 1. The third kappa shape index (κ3) is 2.56. The lowest BCUT2D eigenvalue weighted by Crippen LogP contribution is -2.25. The number of pyridine rings is 1. The molecule has 0 spiro atoms. The molecule has 1 N–H and O–H groups in total. The zero-order chi connectivity index (χ0) is 14.5. The molecule has 5 heteroatoms. The van der Waals surface area contributed by atoms with E-state index in [1.54, 1.807) is 25.3 Å². The third-order valence-electron chi connectivity index (χ3n) is 3.00. The van der Waals surface area contributed by atoms with Crippen LogP contribution in [0.25, 0.3) is 11.3 Å². The molecule has 0 aliphatic rings. The lowest BCUT2D eigenvalue weighted by Gasteiger charge is -2.12. The van der Waals surface area contributed by atoms with E-state index in [-0.39, 0.29) is 18.7 Å². The third-order valence-corrected chi connectivity index (χ3v) is 3.00. The van der Waals surface area contributed by atoms with E-state index in [9.17, 15) is 4.79 Å². The highest BCUT2D eigenvalue weighted by Crippen LogP contribution is 2.21. The van der Waals surface area contributed by atoms with Gasteiger partial charge in [-0.25, -0.2) is 0 Å². The summed E-state index contributed by atoms with van der Waals surface area (Å²) in [5.74, 6) is 0.721. The highest BCUT2D eigenvalue weighted by atomic mass is 16.5. The molecule has 0 aliphatic carbocycles. The van der Waals surface area contributed by atoms with E-state index in [4.69, 9.17) is 15.1 Å². The Balaban J connectivity index is 2.58. The molecule has 1 heterocycles. The molecule has 0 unspecified atom stereocenters. The predicted molar refractivity (Wildman–Crippen MR) is 74.5 cm³/mol. The highest BCUT2D eigenvalue weighted by molar-refractivity contribution is 5.61. The Bertz CT molecular complexity index is 697. The Morgan fingerprint density at radius 3 is 2.50 bits per heavy atom. The van der Waals surface area contributed by atoms with Crippen LogP contribution in [-0.4, -0.2) is 23.4 Å². The van der Waals surface area contributed by atoms with Gasteiger partial charge in [0.05, 0.1) is 19.4 Å². The monoisotopic (exact) mass is 270 g/mol. The maximum atomic E-state index is 12.1. The van der Waals surface area contributed by atoms with Gasteiger partial charge in [0.25, 0.3) is 5.56 Å². The highest BCUT2D eigenvalue weighted by Gasteiger charge is 2.10. The second-order valence-electron chi connectivity index (χ2n) is 4.15. The van der Waals surface area contributed by atoms with Crippen molar-refractivity contribution in [2.24, 2.45) is 0 Å². The lowest BCUT2D eigenvalue weighted by molar-refractivity contribution is 0.275. The summed E-state index contributed by atoms with van der Waals surface area (Å²) in [6.07, 6.45) is 0. The molecule has 1 aromatic carbocycles. The van der Waals surface area contributed by atoms with Gasteiger partial charge in [-0.3, -0.25) is 4.79 Å². The van der Waals surface area contributed by atoms with Crippen LogP contribution in [0.2, 0.25) is 0 Å². The van der Waals surface area contributed by atoms with Gasteiger partial charge in [-0.15, -0.1) is 0 Å². The van der Waals surface area contributed by atoms with Gasteiger partial charge < -0.3 is 14.4 Å². The van der Waals surface area contributed by atoms with Gasteiger partial charge in [0, 0.05) is 6.54 Å². The van der Waals surface area contributed by atoms with Gasteiger partial charge in [0.2, 0.25) is 0 Å². The number of hydrogen-bond acceptors (Lipinski definition) is 4. The van der Waals surface area contributed by atoms with E-state index in [2.05, 4.69) is 0 Å². The van der Waals surface area contributed by atoms with Crippen molar-refractivity contribution >= 4 is 0 Å². The van der Waals surface area contributed by atoms with Crippen LogP contribution in [-0.2, 0) is 6.54 Å². The Kier molecular flexibility index (Phi) is 4.18. The van der Waals surface area contributed by atoms with Gasteiger partial charge in [0.15, 0.2) is 0 Å². The molecule has 0 fully saturated rings. The van der Waals surface area contributed by atoms with E-state index < -0.39 is 5.56 Å². The van der Waals surface area contributed by atoms with E-state index >= 15 is 0 Å². The number of nitriles is 1. The van der Waals surface area contributed by atoms with E-state index in [1.165, 1.54) is 10.6 Å². The molecular weight excluding hydrogens is 256 g/mol. The molecule has 2 aromatic rings. The van der Waals surface area contributed by atoms with Crippen LogP contribution in [0.4, 0.5) is 0 Å². The number of aliphatic hydroxyl groups is 1. The molecule has 0 saturated heterocycles. The first-order chi connectivity index (χ1) is 9.71. The van der Waals surface area contributed by atoms with Gasteiger partial charge >= 0.3 is 0 Å². The predicted octanol–water partition coefficient (Wildman–Crippen LogP) is 1.39. The Morgan fingerprint density at radius 2 is 1.95 bits per heavy atom. The zero-order valence-corrected chi connectivity index (χ0v) is 11.0. The second-order valence-corrected chi connectivity index (χ2v) is 4.15. The number of rotatable bonds is 4. The molecular formula is C15H14N2O3. The fraction of sp³-hybridized carbons (Fsp3) is 0.200. The number of nitrogens with zero attached hydrogens (tertiary/aromatic N) is 2. The van der Waals surface area contributed by atoms with Gasteiger partial charge in [-0.05, 0) is 42.0 Å². The van der Waals surface area contributed by atoms with Crippen LogP contribution in [0.15, 0.2) is 41.2 Å². The quantitative estimate of drug-likeness (QED) is 0.911. The maximum Gasteiger partial charge on any atom is 0.269 e. The van der Waals surface area contributed by atoms with Crippen LogP contribution in [0.3, 0.4) is 0 Å². The number of methoxy groups -OCH3 is 1. The fourth-order valence-corrected chi connectivity index (χ4v) is 2.00. The number of hydrogen-bond donors (Lipinski definition) is 1. The van der Waals surface area contributed by atoms with Crippen LogP contribution in [0.1, 0.15) is 5.56 Å². The molecule has 5 nitrogen and oxygen atoms in total. The standard InChI is InChI=1S/C15H14N2O3/c1-20-13-5-2-11(3-6-13)14-7-4-12(10-16)15(19)17(14)8-9-18/h2-7,18H,8-9H2,1H3. The van der Waals surface area contributed by atoms with Crippen molar-refractivity contribution in [1.29, 1.82) is 5.26 Å². The number of ether oxygens (including phenoxy) is 1. The molecule has 0 radical (unpaired) electrons. The van der Waals surface area contributed by atoms with Crippen LogP contribution in [0, 0.1) is 11.3 Å². The second kappa shape index (κ2) is 6.04. The summed E-state index contributed by atoms with van der Waals surface area (Å²) in [6, 6.07) is 12.3. The molecule has 1 aromatic heterocycles. The van der Waals surface area contributed by atoms with E-state index in [1.807, 2.05) is 18.2 Å². The summed E-state index contributed by atoms with van der Waals surface area (Å²) in [7, 11) is 1.58. The first kappa shape index (κ1) is 13.8. The molecule has 0 amide bonds. The van der Waals surface area contributed by atoms with Crippen molar-refractivity contribution in [3.63, 3.8) is 0 Å². The van der Waals surface area contributed by atoms with Crippen molar-refractivity contribution in [1.82, 2.24) is 4.57 Å². The molecule has 102 valence electrons. The first-order valence-electron chi connectivity index (χ1n) is 6.10. The number of aliphatic hydroxyl groups excluding tert-OH is 1. The van der Waals surface area contributed by atoms with Crippen molar-refractivity contribution in [3.8, 4) is 23.1 Å². The van der Waals surface area contributed by atoms with Crippen molar-refractivity contribution < 1.29 is 9.84 Å². The van der Waals surface area contributed by atoms with Gasteiger partial charge in [-0.1, -0.05) is 0 Å². The van der Waals surface area contributed by atoms with Gasteiger partial charge in [0.1, 0.15) is 17.4 Å². The first-order valence-corrected chi connectivity index (χ1v) is 6.10. The Labute approximate surface area is 116 Å². The largest absolute Gasteiger partial charge is 0.497 e. The smallest absolute Gasteiger partial charge is 0.269 e. The molecule has 0 bridgehead atoms. The molecule has 2 rings (SSSR count). The van der Waals surface area contributed by atoms with Crippen molar-refractivity contribution in [3.05, 3.63) is 52.3 Å². The minimum atomic E-state index is -0.394. The average Bonchev–Trinajstić information content (AvgIpc) is 2.49. The summed E-state index contributed by atoms with van der Waals surface area (Å²) >= 11 is 0. The summed E-state index contributed by atoms with van der Waals surface area (Å²) in [5.41, 5.74) is 1.15. The summed E-state index contributed by atoms with van der Waals surface area (Å²) in [6.45, 7) is -0.0202. The minimum absolute atomic E-state index is 0.0655. The van der Waals surface area contributed by atoms with E-state index in [0.29, 0.717) is 5.69 Å². The van der Waals surface area contributed by atoms with Crippen molar-refractivity contribution in [2.75, 3.05) is 13.7 Å². The normalized spacial score (nSPS) is 10.1. The molecule has 20 heavy (non-hydrogen) atoms. The Hall–Kier alpha value is -2.58. The SMILES string of the molecule is COc1ccc(-c2ccc(C#N)c(=O)n2CCO)cc1. The van der Waals surface area contributed by atoms with Gasteiger partial charge in [-0.2, -0.15) is 5.26 Å². The minimum Gasteiger partial charge on any atom is -0.497 e. The van der Waals surface area contributed by atoms with Crippen LogP contribution >= 0.6 is 0 Å². The Morgan fingerprint density at radius 1 is 1.25 bits per heavy atom. The maximum absolute atomic E-state index is 12.1. The van der Waals surface area contributed by atoms with E-state index in [0.717, 1.165) is 11.3 Å². The molecule has 0 atom stereocenters.